The van der Waals surface area contributed by atoms with Crippen LogP contribution >= 0.6 is 23.4 Å². The van der Waals surface area contributed by atoms with Crippen LogP contribution < -0.4 is 5.56 Å². The van der Waals surface area contributed by atoms with E-state index in [0.29, 0.717) is 22.6 Å². The number of thioether (sulfide) groups is 1. The fourth-order valence-corrected chi connectivity index (χ4v) is 2.50. The van der Waals surface area contributed by atoms with Gasteiger partial charge in [-0.15, -0.1) is 5.10 Å². The molecule has 3 aromatic rings. The molecule has 21 heavy (non-hydrogen) atoms. The van der Waals surface area contributed by atoms with Gasteiger partial charge in [-0.25, -0.2) is 4.98 Å². The maximum atomic E-state index is 12.0. The van der Waals surface area contributed by atoms with E-state index in [0.717, 1.165) is 11.3 Å². The smallest absolute Gasteiger partial charge is 0.275 e. The molecule has 0 N–H and O–H groups in total. The number of nitrogens with zero attached hydrogens (tertiary/aromatic N) is 5. The Hall–Kier alpha value is -1.86. The Morgan fingerprint density at radius 2 is 2.19 bits per heavy atom. The quantitative estimate of drug-likeness (QED) is 0.545. The van der Waals surface area contributed by atoms with Gasteiger partial charge in [-0.1, -0.05) is 29.4 Å². The van der Waals surface area contributed by atoms with E-state index in [-0.39, 0.29) is 5.56 Å². The van der Waals surface area contributed by atoms with E-state index in [9.17, 15) is 4.79 Å². The van der Waals surface area contributed by atoms with E-state index in [2.05, 4.69) is 15.1 Å². The van der Waals surface area contributed by atoms with Gasteiger partial charge in [0.05, 0.1) is 6.54 Å². The number of aryl methyl sites for hydroxylation is 1. The van der Waals surface area contributed by atoms with E-state index in [1.165, 1.54) is 16.3 Å². The van der Waals surface area contributed by atoms with Gasteiger partial charge in [0.2, 0.25) is 10.9 Å². The van der Waals surface area contributed by atoms with Crippen LogP contribution in [0.15, 0.2) is 34.3 Å². The molecule has 0 saturated carbocycles. The van der Waals surface area contributed by atoms with Gasteiger partial charge >= 0.3 is 0 Å². The summed E-state index contributed by atoms with van der Waals surface area (Å²) in [6.45, 7) is 2.42. The number of rotatable bonds is 3. The number of aromatic nitrogens is 5. The molecule has 108 valence electrons. The van der Waals surface area contributed by atoms with Crippen LogP contribution in [0.3, 0.4) is 0 Å². The number of fused-ring (bicyclic) bond motifs is 1. The Morgan fingerprint density at radius 1 is 1.38 bits per heavy atom. The Labute approximate surface area is 129 Å². The summed E-state index contributed by atoms with van der Waals surface area (Å²) in [5.41, 5.74) is 1.62. The molecule has 3 rings (SSSR count). The molecule has 8 heteroatoms. The summed E-state index contributed by atoms with van der Waals surface area (Å²) in [6, 6.07) is 5.19. The fraction of sp³-hybridized carbons (Fsp3) is 0.231. The summed E-state index contributed by atoms with van der Waals surface area (Å²) in [6.07, 6.45) is 3.59. The molecule has 3 heterocycles. The zero-order chi connectivity index (χ0) is 15.0. The predicted molar refractivity (Wildman–Crippen MR) is 82.1 cm³/mol. The molecule has 0 aliphatic carbocycles. The monoisotopic (exact) mass is 321 g/mol. The third-order valence-corrected chi connectivity index (χ3v) is 3.85. The Bertz CT molecular complexity index is 855. The first-order chi connectivity index (χ1) is 10.1. The van der Waals surface area contributed by atoms with Gasteiger partial charge in [0, 0.05) is 18.0 Å². The van der Waals surface area contributed by atoms with Crippen LogP contribution in [0.5, 0.6) is 0 Å². The van der Waals surface area contributed by atoms with Gasteiger partial charge in [0.15, 0.2) is 0 Å². The van der Waals surface area contributed by atoms with E-state index >= 15 is 0 Å². The largest absolute Gasteiger partial charge is 0.310 e. The Balaban J connectivity index is 2.14. The van der Waals surface area contributed by atoms with Crippen LogP contribution in [0.2, 0.25) is 5.15 Å². The predicted octanol–water partition coefficient (Wildman–Crippen LogP) is 2.02. The van der Waals surface area contributed by atoms with Crippen molar-refractivity contribution in [3.05, 3.63) is 51.2 Å². The highest BCUT2D eigenvalue weighted by atomic mass is 35.5. The van der Waals surface area contributed by atoms with E-state index < -0.39 is 0 Å². The van der Waals surface area contributed by atoms with Gasteiger partial charge in [0.1, 0.15) is 5.15 Å². The standard InChI is InChI=1S/C13H12ClN5OS/c1-8-5-11(20)19-13(16-12(17-19)21-2)18(8)7-9-3-4-10(14)15-6-9/h3-6H,7H2,1-2H3. The lowest BCUT2D eigenvalue weighted by Gasteiger charge is -2.11. The molecule has 0 spiro atoms. The second-order valence-electron chi connectivity index (χ2n) is 4.51. The molecule has 0 fully saturated rings. The third kappa shape index (κ3) is 2.66. The van der Waals surface area contributed by atoms with Crippen LogP contribution in [0.25, 0.3) is 5.78 Å². The highest BCUT2D eigenvalue weighted by Gasteiger charge is 2.12. The van der Waals surface area contributed by atoms with Crippen molar-refractivity contribution in [1.29, 1.82) is 0 Å². The zero-order valence-electron chi connectivity index (χ0n) is 11.4. The maximum Gasteiger partial charge on any atom is 0.275 e. The van der Waals surface area contributed by atoms with E-state index in [1.807, 2.05) is 23.8 Å². The minimum Gasteiger partial charge on any atom is -0.310 e. The number of halogens is 1. The highest BCUT2D eigenvalue weighted by molar-refractivity contribution is 7.98. The minimum absolute atomic E-state index is 0.180. The van der Waals surface area contributed by atoms with Crippen molar-refractivity contribution >= 4 is 29.1 Å². The molecule has 0 aliphatic rings. The minimum atomic E-state index is -0.180. The van der Waals surface area contributed by atoms with Crippen molar-refractivity contribution < 1.29 is 0 Å². The second-order valence-corrected chi connectivity index (χ2v) is 5.67. The lowest BCUT2D eigenvalue weighted by Crippen LogP contribution is -2.20. The summed E-state index contributed by atoms with van der Waals surface area (Å²) in [5, 5.41) is 5.21. The first-order valence-electron chi connectivity index (χ1n) is 6.20. The lowest BCUT2D eigenvalue weighted by molar-refractivity contribution is 0.727. The maximum absolute atomic E-state index is 12.0. The number of hydrogen-bond donors (Lipinski definition) is 0. The molecular formula is C13H12ClN5OS. The molecule has 0 aliphatic heterocycles. The molecule has 3 aromatic heterocycles. The molecule has 0 aromatic carbocycles. The van der Waals surface area contributed by atoms with Gasteiger partial charge in [0.25, 0.3) is 5.56 Å². The Morgan fingerprint density at radius 3 is 2.86 bits per heavy atom. The SMILES string of the molecule is CSc1nc2n(Cc3ccc(Cl)nc3)c(C)cc(=O)n2n1. The summed E-state index contributed by atoms with van der Waals surface area (Å²) in [7, 11) is 0. The van der Waals surface area contributed by atoms with Crippen LogP contribution in [0, 0.1) is 6.92 Å². The number of pyridine rings is 1. The molecule has 0 unspecified atom stereocenters. The topological polar surface area (TPSA) is 65.1 Å². The molecule has 0 amide bonds. The second kappa shape index (κ2) is 5.50. The molecule has 6 nitrogen and oxygen atoms in total. The van der Waals surface area contributed by atoms with Crippen molar-refractivity contribution in [2.45, 2.75) is 18.6 Å². The van der Waals surface area contributed by atoms with Crippen molar-refractivity contribution in [1.82, 2.24) is 24.1 Å². The van der Waals surface area contributed by atoms with Gasteiger partial charge in [-0.2, -0.15) is 9.50 Å². The Kier molecular flexibility index (Phi) is 3.69. The van der Waals surface area contributed by atoms with Crippen molar-refractivity contribution in [2.24, 2.45) is 0 Å². The highest BCUT2D eigenvalue weighted by Crippen LogP contribution is 2.13. The van der Waals surface area contributed by atoms with Crippen molar-refractivity contribution in [3.63, 3.8) is 0 Å². The third-order valence-electron chi connectivity index (χ3n) is 3.09. The van der Waals surface area contributed by atoms with Crippen molar-refractivity contribution in [2.75, 3.05) is 6.26 Å². The van der Waals surface area contributed by atoms with Gasteiger partial charge in [-0.3, -0.25) is 4.79 Å². The van der Waals surface area contributed by atoms with Crippen LogP contribution in [0.1, 0.15) is 11.3 Å². The molecule has 0 atom stereocenters. The first-order valence-corrected chi connectivity index (χ1v) is 7.80. The lowest BCUT2D eigenvalue weighted by atomic mass is 10.3. The van der Waals surface area contributed by atoms with Crippen LogP contribution in [-0.2, 0) is 6.54 Å². The molecule has 0 bridgehead atoms. The van der Waals surface area contributed by atoms with E-state index in [1.54, 1.807) is 18.3 Å². The molecule has 0 saturated heterocycles. The average Bonchev–Trinajstić information content (AvgIpc) is 2.90. The first kappa shape index (κ1) is 14.1. The molecule has 0 radical (unpaired) electrons. The summed E-state index contributed by atoms with van der Waals surface area (Å²) < 4.78 is 3.25. The van der Waals surface area contributed by atoms with E-state index in [4.69, 9.17) is 11.6 Å². The average molecular weight is 322 g/mol. The van der Waals surface area contributed by atoms with Crippen LogP contribution in [-0.4, -0.2) is 30.4 Å². The van der Waals surface area contributed by atoms with Gasteiger partial charge < -0.3 is 4.57 Å². The number of hydrogen-bond acceptors (Lipinski definition) is 5. The molecular weight excluding hydrogens is 310 g/mol. The van der Waals surface area contributed by atoms with Gasteiger partial charge in [-0.05, 0) is 24.8 Å². The zero-order valence-corrected chi connectivity index (χ0v) is 13.0. The van der Waals surface area contributed by atoms with Crippen molar-refractivity contribution in [3.8, 4) is 0 Å². The summed E-state index contributed by atoms with van der Waals surface area (Å²) in [5.74, 6) is 0.527. The normalized spacial score (nSPS) is 11.2. The van der Waals surface area contributed by atoms with Crippen LogP contribution in [0.4, 0.5) is 0 Å². The summed E-state index contributed by atoms with van der Waals surface area (Å²) in [4.78, 5) is 20.5. The fourth-order valence-electron chi connectivity index (χ4n) is 2.05. The summed E-state index contributed by atoms with van der Waals surface area (Å²) >= 11 is 7.20.